The van der Waals surface area contributed by atoms with Gasteiger partial charge in [-0.2, -0.15) is 5.10 Å². The van der Waals surface area contributed by atoms with Crippen molar-refractivity contribution in [1.29, 1.82) is 0 Å². The number of amidine groups is 1. The van der Waals surface area contributed by atoms with Crippen molar-refractivity contribution < 1.29 is 29.2 Å². The summed E-state index contributed by atoms with van der Waals surface area (Å²) in [4.78, 5) is 4.28. The number of hydrogen-bond acceptors (Lipinski definition) is 10. The van der Waals surface area contributed by atoms with Crippen molar-refractivity contribution in [2.24, 2.45) is 15.2 Å². The van der Waals surface area contributed by atoms with E-state index in [1.807, 2.05) is 6.26 Å². The number of hydrogen-bond donors (Lipinski definition) is 2. The van der Waals surface area contributed by atoms with Crippen LogP contribution < -0.4 is 9.47 Å². The van der Waals surface area contributed by atoms with E-state index in [1.54, 1.807) is 36.4 Å². The van der Waals surface area contributed by atoms with E-state index in [0.29, 0.717) is 54.2 Å². The van der Waals surface area contributed by atoms with E-state index >= 15 is 0 Å². The van der Waals surface area contributed by atoms with Gasteiger partial charge in [-0.3, -0.25) is 0 Å². The van der Waals surface area contributed by atoms with Crippen molar-refractivity contribution in [3.63, 3.8) is 0 Å². The normalized spacial score (nSPS) is 16.1. The molecule has 0 unspecified atom stereocenters. The van der Waals surface area contributed by atoms with Crippen LogP contribution in [0.5, 0.6) is 23.0 Å². The molecule has 1 heterocycles. The van der Waals surface area contributed by atoms with Crippen LogP contribution in [-0.4, -0.2) is 73.7 Å². The van der Waals surface area contributed by atoms with E-state index in [1.165, 1.54) is 24.2 Å². The highest BCUT2D eigenvalue weighted by atomic mass is 32.2. The molecule has 3 rings (SSSR count). The number of para-hydroxylation sites is 2. The first kappa shape index (κ1) is 23.6. The van der Waals surface area contributed by atoms with Crippen LogP contribution >= 0.6 is 11.8 Å². The molecule has 0 saturated heterocycles. The number of benzene rings is 2. The Balaban J connectivity index is 1.83. The molecular weight excluding hydrogens is 434 g/mol. The lowest BCUT2D eigenvalue weighted by Crippen LogP contribution is -2.13. The minimum atomic E-state index is -0.0344. The predicted molar refractivity (Wildman–Crippen MR) is 125 cm³/mol. The molecule has 0 atom stereocenters. The molecular formula is C22H25N3O6S. The van der Waals surface area contributed by atoms with Gasteiger partial charge in [-0.15, -0.1) is 5.10 Å². The first-order valence-electron chi connectivity index (χ1n) is 9.93. The van der Waals surface area contributed by atoms with Gasteiger partial charge in [0.25, 0.3) is 0 Å². The molecule has 2 aromatic carbocycles. The van der Waals surface area contributed by atoms with Crippen molar-refractivity contribution in [3.05, 3.63) is 47.5 Å². The quantitative estimate of drug-likeness (QED) is 0.622. The second-order valence-electron chi connectivity index (χ2n) is 6.40. The van der Waals surface area contributed by atoms with E-state index in [9.17, 15) is 10.2 Å². The maximum absolute atomic E-state index is 10.4. The molecule has 32 heavy (non-hydrogen) atoms. The maximum atomic E-state index is 10.4. The molecule has 4 bridgehead atoms. The summed E-state index contributed by atoms with van der Waals surface area (Å²) in [6, 6.07) is 10.2. The minimum absolute atomic E-state index is 0.0209. The number of phenolic OH excluding ortho intramolecular Hbond substituents is 2. The first-order chi connectivity index (χ1) is 15.7. The van der Waals surface area contributed by atoms with E-state index in [0.717, 1.165) is 0 Å². The zero-order valence-corrected chi connectivity index (χ0v) is 18.5. The fourth-order valence-corrected chi connectivity index (χ4v) is 2.93. The van der Waals surface area contributed by atoms with Gasteiger partial charge in [-0.25, -0.2) is 4.99 Å². The van der Waals surface area contributed by atoms with Crippen LogP contribution in [0.3, 0.4) is 0 Å². The van der Waals surface area contributed by atoms with E-state index in [-0.39, 0.29) is 24.7 Å². The summed E-state index contributed by atoms with van der Waals surface area (Å²) >= 11 is 1.29. The fourth-order valence-electron chi connectivity index (χ4n) is 2.65. The third kappa shape index (κ3) is 6.98. The lowest BCUT2D eigenvalue weighted by molar-refractivity contribution is 0.0269. The van der Waals surface area contributed by atoms with Crippen LogP contribution in [0.2, 0.25) is 0 Å². The van der Waals surface area contributed by atoms with Crippen molar-refractivity contribution in [2.45, 2.75) is 0 Å². The molecule has 10 heteroatoms. The summed E-state index contributed by atoms with van der Waals surface area (Å²) in [5.74, 6) is 0.611. The lowest BCUT2D eigenvalue weighted by atomic mass is 10.2. The molecule has 0 saturated carbocycles. The molecule has 0 aliphatic carbocycles. The SMILES string of the molecule is CSC1=NN=Cc2cccc(c2O)OCCOCCOCCOc2cccc(c2O)C=N1. The van der Waals surface area contributed by atoms with Crippen LogP contribution in [-0.2, 0) is 9.47 Å². The zero-order valence-electron chi connectivity index (χ0n) is 17.6. The molecule has 9 nitrogen and oxygen atoms in total. The van der Waals surface area contributed by atoms with Crippen molar-refractivity contribution >= 4 is 29.4 Å². The number of thioether (sulfide) groups is 1. The smallest absolute Gasteiger partial charge is 0.208 e. The topological polar surface area (TPSA) is 114 Å². The fraction of sp³-hybridized carbons (Fsp3) is 0.318. The summed E-state index contributed by atoms with van der Waals surface area (Å²) in [5.41, 5.74) is 0.932. The van der Waals surface area contributed by atoms with Gasteiger partial charge in [-0.05, 0) is 30.5 Å². The molecule has 0 radical (unpaired) electrons. The van der Waals surface area contributed by atoms with Crippen LogP contribution in [0.15, 0.2) is 51.6 Å². The predicted octanol–water partition coefficient (Wildman–Crippen LogP) is 3.07. The van der Waals surface area contributed by atoms with Crippen LogP contribution in [0.25, 0.3) is 0 Å². The first-order valence-corrected chi connectivity index (χ1v) is 11.2. The Hall–Kier alpha value is -3.08. The molecule has 2 N–H and O–H groups in total. The van der Waals surface area contributed by atoms with Gasteiger partial charge >= 0.3 is 0 Å². The highest BCUT2D eigenvalue weighted by molar-refractivity contribution is 8.13. The molecule has 2 aromatic rings. The summed E-state index contributed by atoms with van der Waals surface area (Å²) in [6.45, 7) is 2.04. The van der Waals surface area contributed by atoms with Gasteiger partial charge in [0.15, 0.2) is 23.0 Å². The molecule has 170 valence electrons. The number of nitrogens with zero attached hydrogens (tertiary/aromatic N) is 3. The van der Waals surface area contributed by atoms with Crippen LogP contribution in [0.1, 0.15) is 11.1 Å². The second kappa shape index (κ2) is 12.7. The maximum Gasteiger partial charge on any atom is 0.208 e. The Morgan fingerprint density at radius 1 is 0.750 bits per heavy atom. The second-order valence-corrected chi connectivity index (χ2v) is 7.17. The van der Waals surface area contributed by atoms with E-state index < -0.39 is 0 Å². The van der Waals surface area contributed by atoms with Gasteiger partial charge in [0.1, 0.15) is 13.2 Å². The van der Waals surface area contributed by atoms with Gasteiger partial charge in [0, 0.05) is 17.3 Å². The Labute approximate surface area is 190 Å². The molecule has 1 aliphatic heterocycles. The van der Waals surface area contributed by atoms with Crippen LogP contribution in [0, 0.1) is 0 Å². The summed E-state index contributed by atoms with van der Waals surface area (Å²) < 4.78 is 22.1. The van der Waals surface area contributed by atoms with Crippen molar-refractivity contribution in [1.82, 2.24) is 0 Å². The number of aromatic hydroxyl groups is 2. The lowest BCUT2D eigenvalue weighted by Gasteiger charge is -2.11. The molecule has 0 fully saturated rings. The Kier molecular flexibility index (Phi) is 9.36. The Bertz CT molecular complexity index is 980. The Morgan fingerprint density at radius 3 is 1.84 bits per heavy atom. The monoisotopic (exact) mass is 459 g/mol. The highest BCUT2D eigenvalue weighted by Gasteiger charge is 2.08. The van der Waals surface area contributed by atoms with E-state index in [4.69, 9.17) is 18.9 Å². The van der Waals surface area contributed by atoms with Crippen molar-refractivity contribution in [3.8, 4) is 23.0 Å². The third-order valence-electron chi connectivity index (χ3n) is 4.24. The summed E-state index contributed by atoms with van der Waals surface area (Å²) in [6.07, 6.45) is 4.71. The average molecular weight is 460 g/mol. The molecule has 0 aromatic heterocycles. The summed E-state index contributed by atoms with van der Waals surface area (Å²) in [7, 11) is 0. The minimum Gasteiger partial charge on any atom is -0.504 e. The van der Waals surface area contributed by atoms with E-state index in [2.05, 4.69) is 15.2 Å². The number of phenols is 2. The largest absolute Gasteiger partial charge is 0.504 e. The Morgan fingerprint density at radius 2 is 1.28 bits per heavy atom. The number of rotatable bonds is 0. The van der Waals surface area contributed by atoms with Gasteiger partial charge in [-0.1, -0.05) is 23.9 Å². The number of fused-ring (bicyclic) bond motifs is 4. The average Bonchev–Trinajstić information content (AvgIpc) is 2.80. The molecule has 0 spiro atoms. The van der Waals surface area contributed by atoms with Crippen LogP contribution in [0.4, 0.5) is 0 Å². The molecule has 1 aliphatic rings. The zero-order chi connectivity index (χ0) is 22.6. The number of ether oxygens (including phenoxy) is 4. The standard InChI is InChI=1S/C22H25N3O6S/c1-32-22-23-14-16-4-2-6-18(20(16)26)30-12-10-28-8-9-29-11-13-31-19-7-3-5-17(21(19)27)15-24-25-22/h2-7,14-15,26-27H,8-13H2,1H3. The van der Waals surface area contributed by atoms with Gasteiger partial charge < -0.3 is 29.2 Å². The van der Waals surface area contributed by atoms with Gasteiger partial charge in [0.05, 0.1) is 32.6 Å². The summed E-state index contributed by atoms with van der Waals surface area (Å²) in [5, 5.41) is 29.3. The van der Waals surface area contributed by atoms with Crippen molar-refractivity contribution in [2.75, 3.05) is 45.9 Å². The van der Waals surface area contributed by atoms with Gasteiger partial charge in [0.2, 0.25) is 5.17 Å². The highest BCUT2D eigenvalue weighted by Crippen LogP contribution is 2.29. The third-order valence-corrected chi connectivity index (χ3v) is 4.79. The molecule has 0 amide bonds. The number of aliphatic imine (C=N–C) groups is 1.